The number of likely N-dealkylation sites (tertiary alicyclic amines) is 1. The fourth-order valence-corrected chi connectivity index (χ4v) is 4.52. The van der Waals surface area contributed by atoms with Crippen LogP contribution in [-0.2, 0) is 11.3 Å². The highest BCUT2D eigenvalue weighted by molar-refractivity contribution is 5.88. The molecule has 0 aromatic carbocycles. The van der Waals surface area contributed by atoms with Gasteiger partial charge in [0, 0.05) is 24.8 Å². The monoisotopic (exact) mass is 473 g/mol. The molecule has 0 saturated carbocycles. The fraction of sp³-hybridized carbons (Fsp3) is 0.429. The lowest BCUT2D eigenvalue weighted by molar-refractivity contribution is -0.0585. The predicted molar refractivity (Wildman–Crippen MR) is 118 cm³/mol. The van der Waals surface area contributed by atoms with Crippen LogP contribution in [0.1, 0.15) is 0 Å². The minimum Gasteiger partial charge on any atom is -0.382 e. The van der Waals surface area contributed by atoms with Crippen molar-refractivity contribution in [1.82, 2.24) is 34.0 Å². The van der Waals surface area contributed by atoms with Gasteiger partial charge in [0.05, 0.1) is 43.9 Å². The molecule has 2 saturated heterocycles. The molecule has 6 heterocycles. The van der Waals surface area contributed by atoms with Gasteiger partial charge in [-0.2, -0.15) is 4.98 Å². The van der Waals surface area contributed by atoms with Gasteiger partial charge in [-0.3, -0.25) is 4.90 Å². The van der Waals surface area contributed by atoms with E-state index in [9.17, 15) is 13.2 Å². The molecule has 13 heteroatoms. The Hall–Kier alpha value is -3.45. The van der Waals surface area contributed by atoms with Crippen molar-refractivity contribution in [1.29, 1.82) is 0 Å². The molecule has 2 aliphatic heterocycles. The number of imidazole rings is 1. The van der Waals surface area contributed by atoms with Crippen LogP contribution in [0.5, 0.6) is 0 Å². The number of hydrogen-bond donors (Lipinski definition) is 2. The minimum atomic E-state index is -2.52. The zero-order valence-corrected chi connectivity index (χ0v) is 18.0. The molecule has 0 amide bonds. The molecule has 2 aliphatic rings. The van der Waals surface area contributed by atoms with Gasteiger partial charge in [0.25, 0.3) is 6.43 Å². The van der Waals surface area contributed by atoms with Crippen LogP contribution in [0.2, 0.25) is 0 Å². The quantitative estimate of drug-likeness (QED) is 0.436. The van der Waals surface area contributed by atoms with Crippen LogP contribution in [0, 0.1) is 0 Å². The highest BCUT2D eigenvalue weighted by atomic mass is 19.3. The number of pyridine rings is 1. The number of halogens is 3. The Bertz CT molecular complexity index is 1350. The first-order chi connectivity index (χ1) is 16.5. The van der Waals surface area contributed by atoms with E-state index in [1.165, 1.54) is 10.9 Å². The van der Waals surface area contributed by atoms with Gasteiger partial charge in [0.2, 0.25) is 5.95 Å². The fourth-order valence-electron chi connectivity index (χ4n) is 4.52. The summed E-state index contributed by atoms with van der Waals surface area (Å²) < 4.78 is 48.5. The number of nitrogens with one attached hydrogen (secondary N) is 1. The number of fused-ring (bicyclic) bond motifs is 2. The average molecular weight is 473 g/mol. The number of ether oxygens (including phenoxy) is 1. The lowest BCUT2D eigenvalue weighted by atomic mass is 10.2. The van der Waals surface area contributed by atoms with Gasteiger partial charge in [-0.25, -0.2) is 27.7 Å². The molecule has 0 spiro atoms. The Morgan fingerprint density at radius 3 is 2.79 bits per heavy atom. The summed E-state index contributed by atoms with van der Waals surface area (Å²) in [6.45, 7) is 1.64. The van der Waals surface area contributed by atoms with E-state index in [0.717, 1.165) is 0 Å². The number of nitrogens with zero attached hydrogens (tertiary/aromatic N) is 7. The summed E-state index contributed by atoms with van der Waals surface area (Å²) >= 11 is 0. The van der Waals surface area contributed by atoms with Crippen LogP contribution in [0.25, 0.3) is 27.9 Å². The van der Waals surface area contributed by atoms with Gasteiger partial charge < -0.3 is 20.4 Å². The highest BCUT2D eigenvalue weighted by Crippen LogP contribution is 2.30. The van der Waals surface area contributed by atoms with E-state index in [2.05, 4.69) is 30.3 Å². The standard InChI is InChI=1S/C21H22F3N9O/c22-13-5-31(11-8-34-9-11)6-16(13)28-21-29-19(25)18-12(3-4-33(18)30-21)14-1-2-15-20(27-14)32(10-26-15)7-17(23)24/h1-4,10-11,13,16-17H,5-9H2,(H3,25,28,29,30)/t13-,16+/m0/s1. The zero-order chi connectivity index (χ0) is 23.4. The van der Waals surface area contributed by atoms with Crippen LogP contribution in [0.4, 0.5) is 24.9 Å². The second-order valence-corrected chi connectivity index (χ2v) is 8.58. The van der Waals surface area contributed by atoms with E-state index in [4.69, 9.17) is 10.5 Å². The van der Waals surface area contributed by atoms with Gasteiger partial charge in [0.1, 0.15) is 17.2 Å². The summed E-state index contributed by atoms with van der Waals surface area (Å²) in [6.07, 6.45) is -0.529. The number of anilines is 2. The summed E-state index contributed by atoms with van der Waals surface area (Å²) in [7, 11) is 0. The van der Waals surface area contributed by atoms with Crippen molar-refractivity contribution in [3.8, 4) is 11.3 Å². The Balaban J connectivity index is 1.29. The lowest BCUT2D eigenvalue weighted by Crippen LogP contribution is -2.48. The Morgan fingerprint density at radius 2 is 2.03 bits per heavy atom. The second kappa shape index (κ2) is 8.09. The first kappa shape index (κ1) is 21.1. The lowest BCUT2D eigenvalue weighted by Gasteiger charge is -2.34. The third-order valence-corrected chi connectivity index (χ3v) is 6.34. The minimum absolute atomic E-state index is 0.193. The van der Waals surface area contributed by atoms with Crippen molar-refractivity contribution >= 4 is 28.4 Å². The SMILES string of the molecule is Nc1nc(N[C@@H]2CN(C3COC3)C[C@@H]2F)nn2ccc(-c3ccc4ncn(CC(F)F)c4n3)c12. The third-order valence-electron chi connectivity index (χ3n) is 6.34. The van der Waals surface area contributed by atoms with Gasteiger partial charge in [-0.1, -0.05) is 0 Å². The molecular formula is C21H22F3N9O. The molecule has 4 aromatic rings. The highest BCUT2D eigenvalue weighted by Gasteiger charge is 2.39. The van der Waals surface area contributed by atoms with Crippen molar-refractivity contribution in [2.75, 3.05) is 37.4 Å². The molecule has 178 valence electrons. The Kier molecular flexibility index (Phi) is 5.03. The Labute approximate surface area is 191 Å². The van der Waals surface area contributed by atoms with E-state index in [1.54, 1.807) is 28.9 Å². The number of alkyl halides is 3. The van der Waals surface area contributed by atoms with Crippen molar-refractivity contribution in [2.45, 2.75) is 31.2 Å². The van der Waals surface area contributed by atoms with Crippen LogP contribution < -0.4 is 11.1 Å². The number of hydrogen-bond acceptors (Lipinski definition) is 8. The van der Waals surface area contributed by atoms with Crippen LogP contribution >= 0.6 is 0 Å². The number of aromatic nitrogens is 6. The summed E-state index contributed by atoms with van der Waals surface area (Å²) in [5.74, 6) is 0.420. The molecule has 0 radical (unpaired) electrons. The zero-order valence-electron chi connectivity index (χ0n) is 18.0. The first-order valence-corrected chi connectivity index (χ1v) is 10.9. The van der Waals surface area contributed by atoms with Gasteiger partial charge in [-0.15, -0.1) is 5.10 Å². The summed E-state index contributed by atoms with van der Waals surface area (Å²) in [6, 6.07) is 5.04. The van der Waals surface area contributed by atoms with E-state index in [1.807, 2.05) is 0 Å². The van der Waals surface area contributed by atoms with E-state index >= 15 is 0 Å². The smallest absolute Gasteiger partial charge is 0.256 e. The molecule has 10 nitrogen and oxygen atoms in total. The van der Waals surface area contributed by atoms with Crippen molar-refractivity contribution < 1.29 is 17.9 Å². The maximum absolute atomic E-state index is 14.6. The molecule has 3 N–H and O–H groups in total. The maximum Gasteiger partial charge on any atom is 0.256 e. The topological polar surface area (TPSA) is 111 Å². The van der Waals surface area contributed by atoms with Crippen LogP contribution in [-0.4, -0.2) is 85.0 Å². The average Bonchev–Trinajstić information content (AvgIpc) is 3.44. The second-order valence-electron chi connectivity index (χ2n) is 8.58. The van der Waals surface area contributed by atoms with Crippen molar-refractivity contribution in [2.24, 2.45) is 0 Å². The first-order valence-electron chi connectivity index (χ1n) is 10.9. The largest absolute Gasteiger partial charge is 0.382 e. The molecule has 0 aliphatic carbocycles. The normalized spacial score (nSPS) is 21.6. The van der Waals surface area contributed by atoms with E-state index in [-0.39, 0.29) is 17.8 Å². The van der Waals surface area contributed by atoms with Crippen molar-refractivity contribution in [3.63, 3.8) is 0 Å². The maximum atomic E-state index is 14.6. The van der Waals surface area contributed by atoms with Gasteiger partial charge in [-0.05, 0) is 18.2 Å². The third kappa shape index (κ3) is 3.60. The Morgan fingerprint density at radius 1 is 1.18 bits per heavy atom. The number of rotatable bonds is 6. The molecule has 34 heavy (non-hydrogen) atoms. The van der Waals surface area contributed by atoms with E-state index < -0.39 is 25.2 Å². The van der Waals surface area contributed by atoms with Crippen LogP contribution in [0.3, 0.4) is 0 Å². The molecule has 0 bridgehead atoms. The van der Waals surface area contributed by atoms with Crippen molar-refractivity contribution in [3.05, 3.63) is 30.7 Å². The predicted octanol–water partition coefficient (Wildman–Crippen LogP) is 1.82. The van der Waals surface area contributed by atoms with Gasteiger partial charge in [0.15, 0.2) is 11.5 Å². The van der Waals surface area contributed by atoms with E-state index in [0.29, 0.717) is 54.2 Å². The summed E-state index contributed by atoms with van der Waals surface area (Å²) in [4.78, 5) is 15.1. The molecule has 4 aromatic heterocycles. The van der Waals surface area contributed by atoms with Gasteiger partial charge >= 0.3 is 0 Å². The number of nitrogen functional groups attached to an aromatic ring is 1. The molecular weight excluding hydrogens is 451 g/mol. The van der Waals surface area contributed by atoms with Crippen LogP contribution in [0.15, 0.2) is 30.7 Å². The molecule has 2 atom stereocenters. The molecule has 2 fully saturated rings. The number of nitrogens with two attached hydrogens (primary N) is 1. The molecule has 0 unspecified atom stereocenters. The summed E-state index contributed by atoms with van der Waals surface area (Å²) in [5, 5.41) is 7.53. The summed E-state index contributed by atoms with van der Waals surface area (Å²) in [5.41, 5.74) is 8.84. The molecule has 6 rings (SSSR count).